The van der Waals surface area contributed by atoms with Crippen molar-refractivity contribution < 1.29 is 14.4 Å². The molecule has 1 aromatic rings. The van der Waals surface area contributed by atoms with E-state index in [-0.39, 0.29) is 24.3 Å². The second-order valence-electron chi connectivity index (χ2n) is 5.06. The molecule has 3 amide bonds. The number of anilines is 1. The van der Waals surface area contributed by atoms with Gasteiger partial charge in [0.05, 0.1) is 22.9 Å². The molecule has 0 bridgehead atoms. The van der Waals surface area contributed by atoms with Crippen molar-refractivity contribution in [2.45, 2.75) is 13.3 Å². The van der Waals surface area contributed by atoms with Gasteiger partial charge in [0, 0.05) is 11.6 Å². The Bertz CT molecular complexity index is 624. The van der Waals surface area contributed by atoms with Gasteiger partial charge in [-0.1, -0.05) is 18.5 Å². The fourth-order valence-corrected chi connectivity index (χ4v) is 3.13. The van der Waals surface area contributed by atoms with Crippen LogP contribution in [-0.4, -0.2) is 47.3 Å². The van der Waals surface area contributed by atoms with Crippen LogP contribution in [0.4, 0.5) is 5.69 Å². The van der Waals surface area contributed by atoms with Gasteiger partial charge < -0.3 is 15.5 Å². The van der Waals surface area contributed by atoms with Gasteiger partial charge in [-0.15, -0.1) is 11.8 Å². The number of nitrogens with zero attached hydrogens (tertiary/aromatic N) is 1. The first-order valence-electron chi connectivity index (χ1n) is 7.24. The first kappa shape index (κ1) is 17.6. The van der Waals surface area contributed by atoms with Crippen LogP contribution in [0.3, 0.4) is 0 Å². The number of halogens is 1. The Kier molecular flexibility index (Phi) is 6.29. The first-order chi connectivity index (χ1) is 11.0. The molecule has 0 radical (unpaired) electrons. The fourth-order valence-electron chi connectivity index (χ4n) is 2.05. The Hall–Kier alpha value is -1.73. The third kappa shape index (κ3) is 4.87. The minimum Gasteiger partial charge on any atom is -0.352 e. The molecule has 0 aromatic heterocycles. The summed E-state index contributed by atoms with van der Waals surface area (Å²) in [6.07, 6.45) is 0.815. The van der Waals surface area contributed by atoms with Gasteiger partial charge in [-0.3, -0.25) is 14.4 Å². The molecule has 1 aliphatic heterocycles. The molecule has 23 heavy (non-hydrogen) atoms. The van der Waals surface area contributed by atoms with Crippen LogP contribution in [0.15, 0.2) is 18.2 Å². The number of nitrogens with one attached hydrogen (secondary N) is 2. The molecule has 1 saturated heterocycles. The monoisotopic (exact) mass is 355 g/mol. The van der Waals surface area contributed by atoms with Gasteiger partial charge in [-0.25, -0.2) is 0 Å². The Labute approximate surface area is 143 Å². The molecule has 0 spiro atoms. The third-order valence-electron chi connectivity index (χ3n) is 3.20. The van der Waals surface area contributed by atoms with Crippen molar-refractivity contribution in [2.24, 2.45) is 0 Å². The average Bonchev–Trinajstić information content (AvgIpc) is 2.90. The second-order valence-corrected chi connectivity index (χ2v) is 6.45. The summed E-state index contributed by atoms with van der Waals surface area (Å²) < 4.78 is 0. The normalized spacial score (nSPS) is 14.0. The Balaban J connectivity index is 2.08. The Morgan fingerprint density at radius 3 is 2.83 bits per heavy atom. The van der Waals surface area contributed by atoms with Crippen molar-refractivity contribution in [3.05, 3.63) is 28.8 Å². The van der Waals surface area contributed by atoms with E-state index in [1.165, 1.54) is 22.7 Å². The van der Waals surface area contributed by atoms with E-state index in [0.717, 1.165) is 6.42 Å². The van der Waals surface area contributed by atoms with Crippen molar-refractivity contribution in [3.8, 4) is 0 Å². The minimum atomic E-state index is -0.354. The van der Waals surface area contributed by atoms with E-state index in [0.29, 0.717) is 34.4 Å². The topological polar surface area (TPSA) is 78.5 Å². The first-order valence-corrected chi connectivity index (χ1v) is 8.77. The Morgan fingerprint density at radius 2 is 2.17 bits per heavy atom. The molecule has 6 nitrogen and oxygen atoms in total. The zero-order valence-corrected chi connectivity index (χ0v) is 14.3. The summed E-state index contributed by atoms with van der Waals surface area (Å²) in [7, 11) is 0. The predicted molar refractivity (Wildman–Crippen MR) is 91.7 cm³/mol. The van der Waals surface area contributed by atoms with Crippen molar-refractivity contribution in [1.82, 2.24) is 10.2 Å². The molecule has 0 saturated carbocycles. The zero-order valence-electron chi connectivity index (χ0n) is 12.7. The lowest BCUT2D eigenvalue weighted by Gasteiger charge is -2.16. The van der Waals surface area contributed by atoms with E-state index in [2.05, 4.69) is 10.6 Å². The molecule has 1 aromatic carbocycles. The maximum Gasteiger partial charge on any atom is 0.253 e. The number of carbonyl (C=O) groups is 3. The quantitative estimate of drug-likeness (QED) is 0.817. The van der Waals surface area contributed by atoms with Gasteiger partial charge in [0.25, 0.3) is 5.91 Å². The molecule has 124 valence electrons. The van der Waals surface area contributed by atoms with Crippen molar-refractivity contribution in [3.63, 3.8) is 0 Å². The van der Waals surface area contributed by atoms with E-state index in [4.69, 9.17) is 11.6 Å². The van der Waals surface area contributed by atoms with E-state index in [1.807, 2.05) is 6.92 Å². The summed E-state index contributed by atoms with van der Waals surface area (Å²) >= 11 is 7.42. The van der Waals surface area contributed by atoms with Gasteiger partial charge in [-0.2, -0.15) is 0 Å². The molecular formula is C15H18ClN3O3S. The fraction of sp³-hybridized carbons (Fsp3) is 0.400. The molecular weight excluding hydrogens is 338 g/mol. The lowest BCUT2D eigenvalue weighted by atomic mass is 10.1. The largest absolute Gasteiger partial charge is 0.352 e. The summed E-state index contributed by atoms with van der Waals surface area (Å²) in [4.78, 5) is 37.3. The van der Waals surface area contributed by atoms with Crippen molar-refractivity contribution >= 4 is 46.8 Å². The number of amides is 3. The second kappa shape index (κ2) is 8.21. The number of hydrogen-bond donors (Lipinski definition) is 2. The van der Waals surface area contributed by atoms with Crippen LogP contribution in [0.1, 0.15) is 23.7 Å². The van der Waals surface area contributed by atoms with Crippen LogP contribution in [0.5, 0.6) is 0 Å². The molecule has 1 heterocycles. The molecule has 1 fully saturated rings. The Morgan fingerprint density at radius 1 is 1.39 bits per heavy atom. The molecule has 2 rings (SSSR count). The lowest BCUT2D eigenvalue weighted by Crippen LogP contribution is -2.35. The maximum atomic E-state index is 12.1. The van der Waals surface area contributed by atoms with Crippen LogP contribution in [-0.2, 0) is 9.59 Å². The van der Waals surface area contributed by atoms with E-state index >= 15 is 0 Å². The number of hydrogen-bond acceptors (Lipinski definition) is 4. The summed E-state index contributed by atoms with van der Waals surface area (Å²) in [5, 5.41) is 5.85. The van der Waals surface area contributed by atoms with Crippen LogP contribution in [0, 0.1) is 0 Å². The van der Waals surface area contributed by atoms with Gasteiger partial charge in [-0.05, 0) is 24.6 Å². The number of carbonyl (C=O) groups excluding carboxylic acids is 3. The summed E-state index contributed by atoms with van der Waals surface area (Å²) in [5.41, 5.74) is 0.689. The molecule has 0 aliphatic carbocycles. The van der Waals surface area contributed by atoms with E-state index < -0.39 is 0 Å². The van der Waals surface area contributed by atoms with Crippen LogP contribution in [0.2, 0.25) is 5.02 Å². The molecule has 0 unspecified atom stereocenters. The van der Waals surface area contributed by atoms with Crippen LogP contribution >= 0.6 is 23.4 Å². The zero-order chi connectivity index (χ0) is 16.8. The summed E-state index contributed by atoms with van der Waals surface area (Å²) in [5.74, 6) is 0.220. The molecule has 2 N–H and O–H groups in total. The van der Waals surface area contributed by atoms with E-state index in [9.17, 15) is 14.4 Å². The molecule has 8 heteroatoms. The highest BCUT2D eigenvalue weighted by molar-refractivity contribution is 8.00. The van der Waals surface area contributed by atoms with Gasteiger partial charge in [0.1, 0.15) is 6.54 Å². The summed E-state index contributed by atoms with van der Waals surface area (Å²) in [6.45, 7) is 2.47. The highest BCUT2D eigenvalue weighted by atomic mass is 35.5. The lowest BCUT2D eigenvalue weighted by molar-refractivity contribution is -0.130. The standard InChI is InChI=1S/C15H18ClN3O3S/c1-2-5-17-15(22)11-4-3-10(16)6-12(11)18-13(20)7-19-9-23-8-14(19)21/h3-4,6H,2,5,7-9H2,1H3,(H,17,22)(H,18,20). The average molecular weight is 356 g/mol. The predicted octanol–water partition coefficient (Wildman–Crippen LogP) is 1.95. The summed E-state index contributed by atoms with van der Waals surface area (Å²) in [6, 6.07) is 4.69. The number of thioether (sulfide) groups is 1. The SMILES string of the molecule is CCCNC(=O)c1ccc(Cl)cc1NC(=O)CN1CSCC1=O. The van der Waals surface area contributed by atoms with Crippen molar-refractivity contribution in [1.29, 1.82) is 0 Å². The highest BCUT2D eigenvalue weighted by Crippen LogP contribution is 2.22. The number of rotatable bonds is 6. The smallest absolute Gasteiger partial charge is 0.253 e. The number of benzene rings is 1. The maximum absolute atomic E-state index is 12.1. The minimum absolute atomic E-state index is 0.0334. The van der Waals surface area contributed by atoms with Gasteiger partial charge in [0.2, 0.25) is 11.8 Å². The third-order valence-corrected chi connectivity index (χ3v) is 4.38. The highest BCUT2D eigenvalue weighted by Gasteiger charge is 2.23. The van der Waals surface area contributed by atoms with Gasteiger partial charge in [0.15, 0.2) is 0 Å². The van der Waals surface area contributed by atoms with E-state index in [1.54, 1.807) is 12.1 Å². The van der Waals surface area contributed by atoms with Crippen LogP contribution in [0.25, 0.3) is 0 Å². The van der Waals surface area contributed by atoms with Crippen LogP contribution < -0.4 is 10.6 Å². The van der Waals surface area contributed by atoms with Crippen molar-refractivity contribution in [2.75, 3.05) is 30.0 Å². The van der Waals surface area contributed by atoms with Gasteiger partial charge >= 0.3 is 0 Å². The molecule has 1 aliphatic rings. The molecule has 0 atom stereocenters.